The summed E-state index contributed by atoms with van der Waals surface area (Å²) in [4.78, 5) is 31.5. The topological polar surface area (TPSA) is 92.9 Å². The van der Waals surface area contributed by atoms with Crippen LogP contribution < -0.4 is 15.6 Å². The number of rotatable bonds is 20. The van der Waals surface area contributed by atoms with Gasteiger partial charge in [-0.3, -0.25) is 4.79 Å². The smallest absolute Gasteiger partial charge is 0.410 e. The van der Waals surface area contributed by atoms with Crippen LogP contribution in [0.15, 0.2) is 120 Å². The number of nitrogens with zero attached hydrogens (tertiary/aromatic N) is 1. The molecule has 5 aromatic rings. The van der Waals surface area contributed by atoms with Gasteiger partial charge in [0.05, 0.1) is 18.2 Å². The maximum atomic E-state index is 14.0. The number of pyridine rings is 1. The first-order valence-electron chi connectivity index (χ1n) is 19.7. The van der Waals surface area contributed by atoms with Gasteiger partial charge in [0.15, 0.2) is 8.32 Å². The van der Waals surface area contributed by atoms with E-state index in [0.717, 1.165) is 67.3 Å². The fourth-order valence-electron chi connectivity index (χ4n) is 6.29. The first-order chi connectivity index (χ1) is 26.5. The number of benzene rings is 4. The van der Waals surface area contributed by atoms with E-state index in [0.29, 0.717) is 31.0 Å². The monoisotopic (exact) mass is 761 g/mol. The van der Waals surface area contributed by atoms with E-state index in [1.165, 1.54) is 5.56 Å². The first-order valence-corrected chi connectivity index (χ1v) is 22.6. The largest absolute Gasteiger partial charge is 0.487 e. The van der Waals surface area contributed by atoms with Gasteiger partial charge in [-0.25, -0.2) is 4.79 Å². The molecule has 2 N–H and O–H groups in total. The molecule has 1 atom stereocenters. The van der Waals surface area contributed by atoms with Crippen molar-refractivity contribution in [1.82, 2.24) is 15.2 Å². The molecule has 0 saturated carbocycles. The third-order valence-corrected chi connectivity index (χ3v) is 15.0. The Hall–Kier alpha value is -4.70. The summed E-state index contributed by atoms with van der Waals surface area (Å²) in [6.45, 7) is 14.4. The zero-order valence-electron chi connectivity index (χ0n) is 33.3. The van der Waals surface area contributed by atoms with Crippen molar-refractivity contribution in [2.24, 2.45) is 0 Å². The highest BCUT2D eigenvalue weighted by atomic mass is 28.4. The quantitative estimate of drug-likeness (QED) is 0.0606. The Morgan fingerprint density at radius 2 is 1.36 bits per heavy atom. The standard InChI is InChI=1S/C46H59N3O5Si/c1-46(2,3)55(4,5)54-42(39-25-27-41(44-40(39)26-28-43(50)48-44)52-34-37-21-13-9-14-22-37)33-49(45(51)53-35-38-23-15-10-16-24-38)32-18-7-6-17-30-47-31-29-36-19-11-8-12-20-36/h8-16,19-28,42,47H,6-7,17-18,29-35H2,1-5H3,(H,48,50). The third kappa shape index (κ3) is 12.7. The second kappa shape index (κ2) is 20.3. The fraction of sp³-hybridized carbons (Fsp3) is 0.391. The Balaban J connectivity index is 1.34. The molecule has 9 heteroatoms. The van der Waals surface area contributed by atoms with Crippen LogP contribution in [-0.4, -0.2) is 50.5 Å². The molecule has 1 aromatic heterocycles. The lowest BCUT2D eigenvalue weighted by atomic mass is 10.0. The van der Waals surface area contributed by atoms with Gasteiger partial charge >= 0.3 is 6.09 Å². The van der Waals surface area contributed by atoms with E-state index in [1.807, 2.05) is 83.8 Å². The number of fused-ring (bicyclic) bond motifs is 1. The summed E-state index contributed by atoms with van der Waals surface area (Å²) >= 11 is 0. The molecule has 0 aliphatic rings. The van der Waals surface area contributed by atoms with Crippen molar-refractivity contribution < 1.29 is 18.7 Å². The highest BCUT2D eigenvalue weighted by Crippen LogP contribution is 2.42. The normalized spacial score (nSPS) is 12.4. The fourth-order valence-corrected chi connectivity index (χ4v) is 7.56. The predicted molar refractivity (Wildman–Crippen MR) is 226 cm³/mol. The summed E-state index contributed by atoms with van der Waals surface area (Å²) < 4.78 is 19.4. The van der Waals surface area contributed by atoms with Crippen LogP contribution in [0, 0.1) is 0 Å². The Bertz CT molecular complexity index is 1960. The number of carbonyl (C=O) groups excluding carboxylic acids is 1. The molecule has 0 radical (unpaired) electrons. The number of ether oxygens (including phenoxy) is 2. The lowest BCUT2D eigenvalue weighted by Crippen LogP contribution is -2.45. The van der Waals surface area contributed by atoms with Crippen molar-refractivity contribution >= 4 is 25.3 Å². The lowest BCUT2D eigenvalue weighted by Gasteiger charge is -2.40. The summed E-state index contributed by atoms with van der Waals surface area (Å²) in [7, 11) is -2.37. The molecule has 5 rings (SSSR count). The van der Waals surface area contributed by atoms with Crippen molar-refractivity contribution in [1.29, 1.82) is 0 Å². The van der Waals surface area contributed by atoms with Gasteiger partial charge in [-0.15, -0.1) is 0 Å². The molecule has 8 nitrogen and oxygen atoms in total. The number of carbonyl (C=O) groups is 1. The minimum Gasteiger partial charge on any atom is -0.487 e. The van der Waals surface area contributed by atoms with Gasteiger partial charge in [0.2, 0.25) is 5.56 Å². The van der Waals surface area contributed by atoms with E-state index < -0.39 is 14.4 Å². The molecule has 292 valence electrons. The zero-order chi connectivity index (χ0) is 39.1. The SMILES string of the molecule is CC(C)(C)[Si](C)(C)OC(CN(CCCCCCNCCc1ccccc1)C(=O)OCc1ccccc1)c1ccc(OCc2ccccc2)c2[nH]c(=O)ccc12. The molecular formula is C46H59N3O5Si. The van der Waals surface area contributed by atoms with E-state index in [9.17, 15) is 9.59 Å². The molecule has 0 spiro atoms. The summed E-state index contributed by atoms with van der Waals surface area (Å²) in [6.07, 6.45) is 4.16. The van der Waals surface area contributed by atoms with Crippen LogP contribution in [0.1, 0.15) is 74.8 Å². The van der Waals surface area contributed by atoms with E-state index >= 15 is 0 Å². The van der Waals surface area contributed by atoms with Gasteiger partial charge in [-0.05, 0) is 84.9 Å². The molecule has 0 fully saturated rings. The Kier molecular flexibility index (Phi) is 15.3. The molecule has 0 aliphatic heterocycles. The number of H-pyrrole nitrogens is 1. The second-order valence-corrected chi connectivity index (χ2v) is 20.5. The number of hydrogen-bond acceptors (Lipinski definition) is 6. The highest BCUT2D eigenvalue weighted by Gasteiger charge is 2.40. The number of aromatic nitrogens is 1. The average Bonchev–Trinajstić information content (AvgIpc) is 3.18. The molecule has 1 unspecified atom stereocenters. The average molecular weight is 762 g/mol. The van der Waals surface area contributed by atoms with Gasteiger partial charge < -0.3 is 29.1 Å². The zero-order valence-corrected chi connectivity index (χ0v) is 34.3. The van der Waals surface area contributed by atoms with Crippen LogP contribution in [0.4, 0.5) is 4.79 Å². The Morgan fingerprint density at radius 1 is 0.745 bits per heavy atom. The summed E-state index contributed by atoms with van der Waals surface area (Å²) in [5, 5.41) is 4.32. The van der Waals surface area contributed by atoms with Crippen LogP contribution in [0.2, 0.25) is 18.1 Å². The number of hydrogen-bond donors (Lipinski definition) is 2. The van der Waals surface area contributed by atoms with Gasteiger partial charge in [0.25, 0.3) is 0 Å². The van der Waals surface area contributed by atoms with Crippen molar-refractivity contribution in [2.75, 3.05) is 26.2 Å². The van der Waals surface area contributed by atoms with Gasteiger partial charge in [0, 0.05) is 18.0 Å². The van der Waals surface area contributed by atoms with Gasteiger partial charge in [-0.2, -0.15) is 0 Å². The predicted octanol–water partition coefficient (Wildman–Crippen LogP) is 10.2. The van der Waals surface area contributed by atoms with Crippen LogP contribution >= 0.6 is 0 Å². The second-order valence-electron chi connectivity index (χ2n) is 15.8. The number of nitrogens with one attached hydrogen (secondary N) is 2. The number of unbranched alkanes of at least 4 members (excludes halogenated alkanes) is 3. The van der Waals surface area contributed by atoms with E-state index in [1.54, 1.807) is 6.07 Å². The third-order valence-electron chi connectivity index (χ3n) is 10.5. The van der Waals surface area contributed by atoms with Crippen molar-refractivity contribution in [3.05, 3.63) is 148 Å². The van der Waals surface area contributed by atoms with Crippen molar-refractivity contribution in [3.63, 3.8) is 0 Å². The van der Waals surface area contributed by atoms with Gasteiger partial charge in [-0.1, -0.05) is 131 Å². The molecule has 55 heavy (non-hydrogen) atoms. The Labute approximate surface area is 328 Å². The molecule has 0 aliphatic carbocycles. The molecule has 4 aromatic carbocycles. The molecule has 1 amide bonds. The summed E-state index contributed by atoms with van der Waals surface area (Å²) in [5.74, 6) is 0.583. The highest BCUT2D eigenvalue weighted by molar-refractivity contribution is 6.74. The lowest BCUT2D eigenvalue weighted by molar-refractivity contribution is 0.0711. The molecule has 0 bridgehead atoms. The van der Waals surface area contributed by atoms with E-state index in [4.69, 9.17) is 13.9 Å². The van der Waals surface area contributed by atoms with Crippen molar-refractivity contribution in [3.8, 4) is 5.75 Å². The number of amides is 1. The maximum Gasteiger partial charge on any atom is 0.410 e. The maximum absolute atomic E-state index is 14.0. The van der Waals surface area contributed by atoms with E-state index in [2.05, 4.69) is 74.5 Å². The molecule has 0 saturated heterocycles. The van der Waals surface area contributed by atoms with Gasteiger partial charge in [0.1, 0.15) is 19.0 Å². The van der Waals surface area contributed by atoms with Crippen LogP contribution in [0.3, 0.4) is 0 Å². The van der Waals surface area contributed by atoms with Crippen LogP contribution in [0.5, 0.6) is 5.75 Å². The van der Waals surface area contributed by atoms with Crippen molar-refractivity contribution in [2.45, 2.75) is 90.3 Å². The summed E-state index contributed by atoms with van der Waals surface area (Å²) in [5.41, 5.74) is 4.60. The molecular weight excluding hydrogens is 703 g/mol. The number of aromatic amines is 1. The van der Waals surface area contributed by atoms with Crippen LogP contribution in [-0.2, 0) is 28.8 Å². The Morgan fingerprint density at radius 3 is 2.02 bits per heavy atom. The minimum absolute atomic E-state index is 0.0815. The summed E-state index contributed by atoms with van der Waals surface area (Å²) in [6, 6.07) is 37.6. The molecule has 1 heterocycles. The van der Waals surface area contributed by atoms with E-state index in [-0.39, 0.29) is 23.3 Å². The van der Waals surface area contributed by atoms with Crippen LogP contribution in [0.25, 0.3) is 10.9 Å². The minimum atomic E-state index is -2.37. The first kappa shape index (κ1) is 41.5.